The van der Waals surface area contributed by atoms with Gasteiger partial charge in [0, 0.05) is 19.6 Å². The molecule has 1 fully saturated rings. The Balaban J connectivity index is 2.29. The van der Waals surface area contributed by atoms with Crippen molar-refractivity contribution >= 4 is 5.91 Å². The molecule has 0 radical (unpaired) electrons. The van der Waals surface area contributed by atoms with Crippen LogP contribution in [0.1, 0.15) is 6.92 Å². The van der Waals surface area contributed by atoms with Crippen molar-refractivity contribution in [2.45, 2.75) is 13.0 Å². The van der Waals surface area contributed by atoms with E-state index in [1.165, 1.54) is 0 Å². The first-order valence-electron chi connectivity index (χ1n) is 6.05. The molecule has 1 amide bonds. The smallest absolute Gasteiger partial charge is 0.254 e. The molecule has 1 saturated heterocycles. The Morgan fingerprint density at radius 2 is 2.29 bits per heavy atom. The summed E-state index contributed by atoms with van der Waals surface area (Å²) in [5, 5.41) is 0. The first-order valence-corrected chi connectivity index (χ1v) is 6.05. The van der Waals surface area contributed by atoms with Gasteiger partial charge in [0.05, 0.1) is 33.0 Å². The van der Waals surface area contributed by atoms with Crippen LogP contribution in [-0.2, 0) is 19.0 Å². The molecule has 6 nitrogen and oxygen atoms in total. The number of carbonyl (C=O) groups is 1. The fourth-order valence-corrected chi connectivity index (χ4v) is 1.62. The first kappa shape index (κ1) is 14.4. The number of carbonyl (C=O) groups excluding carboxylic acids is 1. The van der Waals surface area contributed by atoms with E-state index in [2.05, 4.69) is 0 Å². The van der Waals surface area contributed by atoms with Crippen LogP contribution in [-0.4, -0.2) is 69.6 Å². The zero-order chi connectivity index (χ0) is 12.5. The number of nitrogens with zero attached hydrogens (tertiary/aromatic N) is 1. The van der Waals surface area contributed by atoms with Crippen molar-refractivity contribution in [3.8, 4) is 0 Å². The minimum absolute atomic E-state index is 0.0245. The average Bonchev–Trinajstić information content (AvgIpc) is 2.39. The topological polar surface area (TPSA) is 74.0 Å². The van der Waals surface area contributed by atoms with E-state index in [1.54, 1.807) is 4.90 Å². The van der Waals surface area contributed by atoms with E-state index in [0.717, 1.165) is 0 Å². The molecule has 100 valence electrons. The van der Waals surface area contributed by atoms with E-state index >= 15 is 0 Å². The number of ether oxygens (including phenoxy) is 3. The molecule has 1 aliphatic heterocycles. The Morgan fingerprint density at radius 3 is 2.88 bits per heavy atom. The van der Waals surface area contributed by atoms with Gasteiger partial charge in [0.15, 0.2) is 6.10 Å². The Labute approximate surface area is 102 Å². The van der Waals surface area contributed by atoms with E-state index in [0.29, 0.717) is 52.7 Å². The Bertz CT molecular complexity index is 220. The summed E-state index contributed by atoms with van der Waals surface area (Å²) in [4.78, 5) is 13.8. The van der Waals surface area contributed by atoms with Crippen LogP contribution in [0.3, 0.4) is 0 Å². The second-order valence-electron chi connectivity index (χ2n) is 3.75. The number of hydrogen-bond donors (Lipinski definition) is 1. The fraction of sp³-hybridized carbons (Fsp3) is 0.909. The molecule has 2 N–H and O–H groups in total. The molecule has 1 atom stereocenters. The van der Waals surface area contributed by atoms with Crippen molar-refractivity contribution in [3.63, 3.8) is 0 Å². The summed E-state index contributed by atoms with van der Waals surface area (Å²) < 4.78 is 15.9. The summed E-state index contributed by atoms with van der Waals surface area (Å²) >= 11 is 0. The molecule has 0 saturated carbocycles. The van der Waals surface area contributed by atoms with Crippen LogP contribution in [0.4, 0.5) is 0 Å². The molecule has 0 aromatic carbocycles. The third kappa shape index (κ3) is 4.99. The highest BCUT2D eigenvalue weighted by atomic mass is 16.6. The maximum absolute atomic E-state index is 12.0. The lowest BCUT2D eigenvalue weighted by molar-refractivity contribution is -0.158. The van der Waals surface area contributed by atoms with Gasteiger partial charge in [-0.15, -0.1) is 0 Å². The predicted molar refractivity (Wildman–Crippen MR) is 62.7 cm³/mol. The van der Waals surface area contributed by atoms with E-state index in [9.17, 15) is 4.79 Å². The van der Waals surface area contributed by atoms with Crippen molar-refractivity contribution in [1.29, 1.82) is 0 Å². The summed E-state index contributed by atoms with van der Waals surface area (Å²) in [6.45, 7) is 6.06. The SMILES string of the molecule is CCN(CCOCCN)C(=O)C1COCCO1. The van der Waals surface area contributed by atoms with Gasteiger partial charge in [0.2, 0.25) is 0 Å². The van der Waals surface area contributed by atoms with Crippen molar-refractivity contribution in [3.05, 3.63) is 0 Å². The average molecular weight is 246 g/mol. The number of rotatable bonds is 7. The van der Waals surface area contributed by atoms with Crippen LogP contribution >= 0.6 is 0 Å². The summed E-state index contributed by atoms with van der Waals surface area (Å²) in [6.07, 6.45) is -0.460. The standard InChI is InChI=1S/C11H22N2O4/c1-2-13(4-6-15-5-3-12)11(14)10-9-16-7-8-17-10/h10H,2-9,12H2,1H3. The normalized spacial score (nSPS) is 20.2. The molecule has 0 aromatic heterocycles. The Kier molecular flexibility index (Phi) is 7.11. The third-order valence-electron chi connectivity index (χ3n) is 2.55. The van der Waals surface area contributed by atoms with Crippen LogP contribution in [0.15, 0.2) is 0 Å². The van der Waals surface area contributed by atoms with Gasteiger partial charge >= 0.3 is 0 Å². The molecule has 0 aliphatic carbocycles. The van der Waals surface area contributed by atoms with Gasteiger partial charge in [-0.25, -0.2) is 0 Å². The largest absolute Gasteiger partial charge is 0.378 e. The van der Waals surface area contributed by atoms with Crippen LogP contribution in [0.25, 0.3) is 0 Å². The lowest BCUT2D eigenvalue weighted by Crippen LogP contribution is -2.46. The van der Waals surface area contributed by atoms with E-state index in [-0.39, 0.29) is 5.91 Å². The van der Waals surface area contributed by atoms with Crippen molar-refractivity contribution < 1.29 is 19.0 Å². The highest BCUT2D eigenvalue weighted by Gasteiger charge is 2.26. The molecule has 0 spiro atoms. The molecule has 1 unspecified atom stereocenters. The molecule has 1 aliphatic rings. The van der Waals surface area contributed by atoms with E-state index in [4.69, 9.17) is 19.9 Å². The second kappa shape index (κ2) is 8.41. The quantitative estimate of drug-likeness (QED) is 0.597. The highest BCUT2D eigenvalue weighted by molar-refractivity contribution is 5.81. The number of likely N-dealkylation sites (N-methyl/N-ethyl adjacent to an activating group) is 1. The van der Waals surface area contributed by atoms with Gasteiger partial charge in [0.25, 0.3) is 5.91 Å². The van der Waals surface area contributed by atoms with Crippen molar-refractivity contribution in [1.82, 2.24) is 4.90 Å². The minimum atomic E-state index is -0.460. The van der Waals surface area contributed by atoms with Gasteiger partial charge in [-0.2, -0.15) is 0 Å². The van der Waals surface area contributed by atoms with Crippen molar-refractivity contribution in [2.24, 2.45) is 5.73 Å². The van der Waals surface area contributed by atoms with Crippen LogP contribution in [0, 0.1) is 0 Å². The fourth-order valence-electron chi connectivity index (χ4n) is 1.62. The lowest BCUT2D eigenvalue weighted by Gasteiger charge is -2.28. The van der Waals surface area contributed by atoms with Gasteiger partial charge in [-0.3, -0.25) is 4.79 Å². The molecule has 17 heavy (non-hydrogen) atoms. The molecule has 1 rings (SSSR count). The lowest BCUT2D eigenvalue weighted by atomic mass is 10.3. The molecular weight excluding hydrogens is 224 g/mol. The minimum Gasteiger partial charge on any atom is -0.378 e. The predicted octanol–water partition coefficient (Wildman–Crippen LogP) is -0.774. The van der Waals surface area contributed by atoms with Crippen LogP contribution in [0.5, 0.6) is 0 Å². The Morgan fingerprint density at radius 1 is 1.47 bits per heavy atom. The molecular formula is C11H22N2O4. The summed E-state index contributed by atoms with van der Waals surface area (Å²) in [7, 11) is 0. The molecule has 6 heteroatoms. The molecule has 1 heterocycles. The van der Waals surface area contributed by atoms with Gasteiger partial charge < -0.3 is 24.8 Å². The first-order chi connectivity index (χ1) is 8.29. The Hall–Kier alpha value is -0.690. The zero-order valence-corrected chi connectivity index (χ0v) is 10.4. The maximum Gasteiger partial charge on any atom is 0.254 e. The van der Waals surface area contributed by atoms with Gasteiger partial charge in [-0.05, 0) is 6.92 Å². The number of nitrogens with two attached hydrogens (primary N) is 1. The molecule has 0 aromatic rings. The summed E-state index contributed by atoms with van der Waals surface area (Å²) in [5.41, 5.74) is 5.31. The third-order valence-corrected chi connectivity index (χ3v) is 2.55. The maximum atomic E-state index is 12.0. The van der Waals surface area contributed by atoms with Crippen LogP contribution in [0.2, 0.25) is 0 Å². The van der Waals surface area contributed by atoms with E-state index < -0.39 is 6.10 Å². The van der Waals surface area contributed by atoms with Crippen molar-refractivity contribution in [2.75, 3.05) is 52.7 Å². The summed E-state index contributed by atoms with van der Waals surface area (Å²) in [6, 6.07) is 0. The van der Waals surface area contributed by atoms with Gasteiger partial charge in [-0.1, -0.05) is 0 Å². The van der Waals surface area contributed by atoms with E-state index in [1.807, 2.05) is 6.92 Å². The number of amides is 1. The zero-order valence-electron chi connectivity index (χ0n) is 10.4. The molecule has 0 bridgehead atoms. The number of hydrogen-bond acceptors (Lipinski definition) is 5. The van der Waals surface area contributed by atoms with Gasteiger partial charge in [0.1, 0.15) is 0 Å². The summed E-state index contributed by atoms with van der Waals surface area (Å²) in [5.74, 6) is -0.0245. The highest BCUT2D eigenvalue weighted by Crippen LogP contribution is 2.05. The second-order valence-corrected chi connectivity index (χ2v) is 3.75. The van der Waals surface area contributed by atoms with Crippen LogP contribution < -0.4 is 5.73 Å². The monoisotopic (exact) mass is 246 g/mol.